The van der Waals surface area contributed by atoms with Crippen molar-refractivity contribution >= 4 is 27.8 Å². The second-order valence-electron chi connectivity index (χ2n) is 12.7. The van der Waals surface area contributed by atoms with Crippen molar-refractivity contribution in [2.24, 2.45) is 0 Å². The van der Waals surface area contributed by atoms with Crippen LogP contribution in [0.3, 0.4) is 0 Å². The van der Waals surface area contributed by atoms with Gasteiger partial charge in [0.1, 0.15) is 0 Å². The predicted molar refractivity (Wildman–Crippen MR) is 192 cm³/mol. The van der Waals surface area contributed by atoms with Crippen LogP contribution in [0.1, 0.15) is 30.5 Å². The minimum absolute atomic E-state index is 0.103. The van der Waals surface area contributed by atoms with Gasteiger partial charge in [0.2, 0.25) is 0 Å². The fourth-order valence-corrected chi connectivity index (χ4v) is 7.29. The first-order valence-electron chi connectivity index (χ1n) is 15.8. The van der Waals surface area contributed by atoms with Crippen LogP contribution in [0.4, 0.5) is 17.1 Å². The first-order chi connectivity index (χ1) is 22.0. The average molecular weight is 578 g/mol. The van der Waals surface area contributed by atoms with E-state index in [1.807, 2.05) is 0 Å². The summed E-state index contributed by atoms with van der Waals surface area (Å²) in [6.45, 7) is 6.91. The fourth-order valence-electron chi connectivity index (χ4n) is 7.29. The molecular weight excluding hydrogens is 542 g/mol. The Hall–Kier alpha value is -5.40. The molecule has 0 amide bonds. The molecule has 216 valence electrons. The molecule has 0 saturated heterocycles. The molecule has 45 heavy (non-hydrogen) atoms. The summed E-state index contributed by atoms with van der Waals surface area (Å²) >= 11 is 0. The van der Waals surface area contributed by atoms with Gasteiger partial charge in [-0.05, 0) is 87.1 Å². The standard InChI is InChI=1S/C44H35N/c1-30-14-13-18-35(28-30)45(34-26-24-32(25-27-34)37-20-10-9-19-36(37)31-15-5-4-6-16-31)43-38-21-8-7-17-33(38)29-41-42(43)39-22-11-12-23-40(39)44(41,2)3/h4-29H,1-3H3. The molecule has 1 heteroatoms. The van der Waals surface area contributed by atoms with E-state index in [0.717, 1.165) is 11.4 Å². The molecule has 0 bridgehead atoms. The maximum absolute atomic E-state index is 2.49. The van der Waals surface area contributed by atoms with Gasteiger partial charge in [0.05, 0.1) is 5.69 Å². The lowest BCUT2D eigenvalue weighted by Gasteiger charge is -2.31. The van der Waals surface area contributed by atoms with Crippen molar-refractivity contribution < 1.29 is 0 Å². The van der Waals surface area contributed by atoms with Gasteiger partial charge >= 0.3 is 0 Å². The van der Waals surface area contributed by atoms with Crippen LogP contribution in [0.5, 0.6) is 0 Å². The summed E-state index contributed by atoms with van der Waals surface area (Å²) in [4.78, 5) is 2.49. The van der Waals surface area contributed by atoms with E-state index >= 15 is 0 Å². The van der Waals surface area contributed by atoms with Crippen LogP contribution in [-0.2, 0) is 5.41 Å². The predicted octanol–water partition coefficient (Wildman–Crippen LogP) is 12.3. The van der Waals surface area contributed by atoms with Crippen LogP contribution in [-0.4, -0.2) is 0 Å². The normalized spacial score (nSPS) is 13.0. The van der Waals surface area contributed by atoms with E-state index < -0.39 is 0 Å². The number of aryl methyl sites for hydroxylation is 1. The van der Waals surface area contributed by atoms with Crippen molar-refractivity contribution in [1.29, 1.82) is 0 Å². The Morgan fingerprint density at radius 3 is 1.82 bits per heavy atom. The molecule has 0 spiro atoms. The number of rotatable bonds is 5. The Labute approximate surface area is 266 Å². The molecule has 0 aromatic heterocycles. The molecule has 7 aromatic rings. The van der Waals surface area contributed by atoms with E-state index in [4.69, 9.17) is 0 Å². The molecule has 1 aliphatic carbocycles. The molecule has 0 heterocycles. The lowest BCUT2D eigenvalue weighted by Crippen LogP contribution is -2.16. The Morgan fingerprint density at radius 1 is 0.467 bits per heavy atom. The number of hydrogen-bond donors (Lipinski definition) is 0. The Balaban J connectivity index is 1.37. The van der Waals surface area contributed by atoms with Crippen LogP contribution >= 0.6 is 0 Å². The molecule has 1 nitrogen and oxygen atoms in total. The van der Waals surface area contributed by atoms with Crippen molar-refractivity contribution in [3.05, 3.63) is 174 Å². The van der Waals surface area contributed by atoms with Crippen LogP contribution in [0.2, 0.25) is 0 Å². The molecule has 1 aliphatic rings. The smallest absolute Gasteiger partial charge is 0.0621 e. The van der Waals surface area contributed by atoms with Gasteiger partial charge in [-0.2, -0.15) is 0 Å². The highest BCUT2D eigenvalue weighted by Gasteiger charge is 2.38. The molecule has 0 radical (unpaired) electrons. The first-order valence-corrected chi connectivity index (χ1v) is 15.8. The molecule has 0 saturated carbocycles. The summed E-state index contributed by atoms with van der Waals surface area (Å²) in [5, 5.41) is 2.52. The highest BCUT2D eigenvalue weighted by molar-refractivity contribution is 6.09. The fraction of sp³-hybridized carbons (Fsp3) is 0.0909. The second-order valence-corrected chi connectivity index (χ2v) is 12.7. The Bertz CT molecular complexity index is 2190. The van der Waals surface area contributed by atoms with Crippen molar-refractivity contribution in [2.75, 3.05) is 4.90 Å². The topological polar surface area (TPSA) is 3.24 Å². The van der Waals surface area contributed by atoms with E-state index in [9.17, 15) is 0 Å². The monoisotopic (exact) mass is 577 g/mol. The van der Waals surface area contributed by atoms with Crippen LogP contribution in [0.15, 0.2) is 158 Å². The number of fused-ring (bicyclic) bond motifs is 4. The Morgan fingerprint density at radius 2 is 1.09 bits per heavy atom. The number of nitrogens with zero attached hydrogens (tertiary/aromatic N) is 1. The molecule has 0 atom stereocenters. The summed E-state index contributed by atoms with van der Waals surface area (Å²) in [7, 11) is 0. The first kappa shape index (κ1) is 27.2. The van der Waals surface area contributed by atoms with Crippen molar-refractivity contribution in [3.8, 4) is 33.4 Å². The molecule has 0 unspecified atom stereocenters. The van der Waals surface area contributed by atoms with E-state index in [-0.39, 0.29) is 5.41 Å². The summed E-state index contributed by atoms with van der Waals surface area (Å²) in [5.74, 6) is 0. The summed E-state index contributed by atoms with van der Waals surface area (Å²) in [5.41, 5.74) is 15.0. The van der Waals surface area contributed by atoms with Crippen LogP contribution in [0.25, 0.3) is 44.2 Å². The third-order valence-electron chi connectivity index (χ3n) is 9.50. The van der Waals surface area contributed by atoms with E-state index in [1.54, 1.807) is 0 Å². The summed E-state index contributed by atoms with van der Waals surface area (Å²) in [6, 6.07) is 57.7. The highest BCUT2D eigenvalue weighted by atomic mass is 15.1. The minimum atomic E-state index is -0.103. The largest absolute Gasteiger partial charge is 0.309 e. The minimum Gasteiger partial charge on any atom is -0.309 e. The maximum atomic E-state index is 2.49. The average Bonchev–Trinajstić information content (AvgIpc) is 3.31. The molecular formula is C44H35N. The quantitative estimate of drug-likeness (QED) is 0.197. The number of hydrogen-bond acceptors (Lipinski definition) is 1. The highest BCUT2D eigenvalue weighted by Crippen LogP contribution is 2.56. The molecule has 0 fully saturated rings. The van der Waals surface area contributed by atoms with Crippen molar-refractivity contribution in [2.45, 2.75) is 26.2 Å². The number of benzene rings is 7. The Kier molecular flexibility index (Phi) is 6.43. The van der Waals surface area contributed by atoms with Gasteiger partial charge in [-0.15, -0.1) is 0 Å². The van der Waals surface area contributed by atoms with Gasteiger partial charge in [-0.3, -0.25) is 0 Å². The lowest BCUT2D eigenvalue weighted by molar-refractivity contribution is 0.661. The van der Waals surface area contributed by atoms with Gasteiger partial charge in [0, 0.05) is 27.7 Å². The van der Waals surface area contributed by atoms with E-state index in [0.29, 0.717) is 0 Å². The molecule has 8 rings (SSSR count). The van der Waals surface area contributed by atoms with Gasteiger partial charge in [0.25, 0.3) is 0 Å². The van der Waals surface area contributed by atoms with E-state index in [1.165, 1.54) is 66.5 Å². The van der Waals surface area contributed by atoms with Gasteiger partial charge in [0.15, 0.2) is 0 Å². The second kappa shape index (κ2) is 10.6. The zero-order valence-corrected chi connectivity index (χ0v) is 26.0. The SMILES string of the molecule is Cc1cccc(N(c2ccc(-c3ccccc3-c3ccccc3)cc2)c2c3c(cc4ccccc24)C(C)(C)c2ccccc2-3)c1. The number of anilines is 3. The molecule has 7 aromatic carbocycles. The van der Waals surface area contributed by atoms with Crippen molar-refractivity contribution in [3.63, 3.8) is 0 Å². The van der Waals surface area contributed by atoms with Crippen LogP contribution < -0.4 is 4.90 Å². The molecule has 0 N–H and O–H groups in total. The van der Waals surface area contributed by atoms with E-state index in [2.05, 4.69) is 183 Å². The third-order valence-corrected chi connectivity index (χ3v) is 9.50. The maximum Gasteiger partial charge on any atom is 0.0621 e. The zero-order valence-electron chi connectivity index (χ0n) is 26.0. The van der Waals surface area contributed by atoms with Crippen molar-refractivity contribution in [1.82, 2.24) is 0 Å². The molecule has 0 aliphatic heterocycles. The van der Waals surface area contributed by atoms with Gasteiger partial charge < -0.3 is 4.90 Å². The summed E-state index contributed by atoms with van der Waals surface area (Å²) < 4.78 is 0. The lowest BCUT2D eigenvalue weighted by atomic mass is 9.81. The zero-order chi connectivity index (χ0) is 30.5. The third kappa shape index (κ3) is 4.47. The van der Waals surface area contributed by atoms with Crippen LogP contribution in [0, 0.1) is 6.92 Å². The summed E-state index contributed by atoms with van der Waals surface area (Å²) in [6.07, 6.45) is 0. The van der Waals surface area contributed by atoms with Gasteiger partial charge in [-0.25, -0.2) is 0 Å². The van der Waals surface area contributed by atoms with Gasteiger partial charge in [-0.1, -0.05) is 141 Å².